The van der Waals surface area contributed by atoms with Gasteiger partial charge < -0.3 is 10.1 Å². The van der Waals surface area contributed by atoms with Crippen molar-refractivity contribution in [3.05, 3.63) is 64.8 Å². The van der Waals surface area contributed by atoms with Crippen molar-refractivity contribution >= 4 is 34.8 Å². The maximum atomic E-state index is 12.8. The average molecular weight is 357 g/mol. The first kappa shape index (κ1) is 17.0. The Hall–Kier alpha value is -2.79. The van der Waals surface area contributed by atoms with Gasteiger partial charge >= 0.3 is 0 Å². The van der Waals surface area contributed by atoms with E-state index in [9.17, 15) is 9.59 Å². The molecule has 1 N–H and O–H groups in total. The van der Waals surface area contributed by atoms with Crippen LogP contribution < -0.4 is 15.0 Å². The van der Waals surface area contributed by atoms with Crippen LogP contribution in [0.15, 0.2) is 59.3 Å². The Morgan fingerprint density at radius 2 is 1.72 bits per heavy atom. The molecule has 1 heterocycles. The van der Waals surface area contributed by atoms with Crippen LogP contribution in [0.5, 0.6) is 5.75 Å². The number of halogens is 1. The number of carbonyl (C=O) groups is 2. The van der Waals surface area contributed by atoms with E-state index in [0.717, 1.165) is 10.5 Å². The molecule has 0 fully saturated rings. The number of aryl methyl sites for hydroxylation is 1. The molecule has 25 heavy (non-hydrogen) atoms. The number of nitrogens with zero attached hydrogens (tertiary/aromatic N) is 1. The number of hydrogen-bond acceptors (Lipinski definition) is 4. The van der Waals surface area contributed by atoms with Crippen LogP contribution in [0.2, 0.25) is 0 Å². The molecule has 0 aromatic heterocycles. The Bertz CT molecular complexity index is 876. The van der Waals surface area contributed by atoms with Gasteiger partial charge in [0.15, 0.2) is 0 Å². The molecule has 3 rings (SSSR count). The summed E-state index contributed by atoms with van der Waals surface area (Å²) in [6.45, 7) is 4.18. The van der Waals surface area contributed by atoms with Crippen molar-refractivity contribution in [2.75, 3.05) is 16.8 Å². The number of rotatable bonds is 5. The quantitative estimate of drug-likeness (QED) is 0.827. The average Bonchev–Trinajstić information content (AvgIpc) is 2.81. The van der Waals surface area contributed by atoms with Crippen LogP contribution in [0.1, 0.15) is 12.5 Å². The fourth-order valence-electron chi connectivity index (χ4n) is 2.63. The summed E-state index contributed by atoms with van der Waals surface area (Å²) in [5.41, 5.74) is 1.95. The molecule has 0 spiro atoms. The van der Waals surface area contributed by atoms with Crippen molar-refractivity contribution in [2.45, 2.75) is 13.8 Å². The van der Waals surface area contributed by atoms with E-state index in [0.29, 0.717) is 23.7 Å². The molecule has 6 heteroatoms. The third-order valence-electron chi connectivity index (χ3n) is 3.83. The van der Waals surface area contributed by atoms with Crippen molar-refractivity contribution in [3.8, 4) is 5.75 Å². The summed E-state index contributed by atoms with van der Waals surface area (Å²) in [5.74, 6) is -0.454. The molecule has 0 radical (unpaired) electrons. The molecule has 0 saturated heterocycles. The Labute approximate surface area is 150 Å². The smallest absolute Gasteiger partial charge is 0.283 e. The third kappa shape index (κ3) is 3.10. The predicted octanol–water partition coefficient (Wildman–Crippen LogP) is 3.83. The predicted molar refractivity (Wildman–Crippen MR) is 97.8 cm³/mol. The van der Waals surface area contributed by atoms with Crippen LogP contribution in [-0.4, -0.2) is 18.4 Å². The molecule has 0 saturated carbocycles. The largest absolute Gasteiger partial charge is 0.492 e. The number of ether oxygens (including phenoxy) is 1. The monoisotopic (exact) mass is 356 g/mol. The normalized spacial score (nSPS) is 14.3. The van der Waals surface area contributed by atoms with E-state index in [-0.39, 0.29) is 10.7 Å². The number of para-hydroxylation sites is 3. The molecule has 2 aromatic rings. The fraction of sp³-hybridized carbons (Fsp3) is 0.158. The minimum atomic E-state index is -0.544. The van der Waals surface area contributed by atoms with Crippen LogP contribution >= 0.6 is 11.6 Å². The summed E-state index contributed by atoms with van der Waals surface area (Å²) in [7, 11) is 0. The van der Waals surface area contributed by atoms with Gasteiger partial charge in [-0.15, -0.1) is 0 Å². The summed E-state index contributed by atoms with van der Waals surface area (Å²) >= 11 is 6.16. The summed E-state index contributed by atoms with van der Waals surface area (Å²) < 4.78 is 5.54. The van der Waals surface area contributed by atoms with Crippen LogP contribution in [-0.2, 0) is 9.59 Å². The van der Waals surface area contributed by atoms with Gasteiger partial charge in [0.1, 0.15) is 16.5 Å². The molecule has 5 nitrogen and oxygen atoms in total. The first-order chi connectivity index (χ1) is 12.0. The summed E-state index contributed by atoms with van der Waals surface area (Å²) in [6, 6.07) is 14.3. The van der Waals surface area contributed by atoms with Crippen LogP contribution in [0.4, 0.5) is 11.4 Å². The van der Waals surface area contributed by atoms with Crippen LogP contribution in [0, 0.1) is 6.92 Å². The number of anilines is 2. The van der Waals surface area contributed by atoms with Gasteiger partial charge in [0.05, 0.1) is 18.0 Å². The lowest BCUT2D eigenvalue weighted by molar-refractivity contribution is -0.120. The van der Waals surface area contributed by atoms with E-state index in [1.165, 1.54) is 0 Å². The van der Waals surface area contributed by atoms with Gasteiger partial charge in [0, 0.05) is 0 Å². The Kier molecular flexibility index (Phi) is 4.76. The van der Waals surface area contributed by atoms with Crippen molar-refractivity contribution < 1.29 is 14.3 Å². The van der Waals surface area contributed by atoms with Crippen molar-refractivity contribution in [3.63, 3.8) is 0 Å². The van der Waals surface area contributed by atoms with Crippen molar-refractivity contribution in [1.29, 1.82) is 0 Å². The first-order valence-corrected chi connectivity index (χ1v) is 8.25. The minimum Gasteiger partial charge on any atom is -0.492 e. The van der Waals surface area contributed by atoms with Crippen LogP contribution in [0.3, 0.4) is 0 Å². The highest BCUT2D eigenvalue weighted by Crippen LogP contribution is 2.33. The van der Waals surface area contributed by atoms with Gasteiger partial charge in [-0.1, -0.05) is 41.9 Å². The lowest BCUT2D eigenvalue weighted by Crippen LogP contribution is -2.32. The van der Waals surface area contributed by atoms with E-state index < -0.39 is 11.8 Å². The van der Waals surface area contributed by atoms with E-state index >= 15 is 0 Å². The van der Waals surface area contributed by atoms with Gasteiger partial charge in [-0.2, -0.15) is 0 Å². The topological polar surface area (TPSA) is 58.6 Å². The number of amides is 2. The molecular weight excluding hydrogens is 340 g/mol. The van der Waals surface area contributed by atoms with E-state index in [1.54, 1.807) is 30.3 Å². The third-order valence-corrected chi connectivity index (χ3v) is 4.18. The number of benzene rings is 2. The van der Waals surface area contributed by atoms with Gasteiger partial charge in [-0.05, 0) is 37.6 Å². The van der Waals surface area contributed by atoms with Crippen LogP contribution in [0.25, 0.3) is 0 Å². The van der Waals surface area contributed by atoms with Gasteiger partial charge in [0.2, 0.25) is 0 Å². The number of nitrogens with one attached hydrogen (secondary N) is 1. The second-order valence-electron chi connectivity index (χ2n) is 5.48. The van der Waals surface area contributed by atoms with Gasteiger partial charge in [-0.25, -0.2) is 4.90 Å². The van der Waals surface area contributed by atoms with Crippen molar-refractivity contribution in [1.82, 2.24) is 0 Å². The highest BCUT2D eigenvalue weighted by atomic mass is 35.5. The second-order valence-corrected chi connectivity index (χ2v) is 5.85. The molecule has 1 aliphatic heterocycles. The lowest BCUT2D eigenvalue weighted by atomic mass is 10.2. The van der Waals surface area contributed by atoms with Gasteiger partial charge in [0.25, 0.3) is 11.8 Å². The molecule has 2 amide bonds. The molecular formula is C19H17ClN2O3. The summed E-state index contributed by atoms with van der Waals surface area (Å²) in [4.78, 5) is 26.4. The van der Waals surface area contributed by atoms with E-state index in [2.05, 4.69) is 5.32 Å². The molecule has 0 aliphatic carbocycles. The zero-order valence-electron chi connectivity index (χ0n) is 13.9. The second kappa shape index (κ2) is 6.99. The zero-order valence-corrected chi connectivity index (χ0v) is 14.6. The Balaban J connectivity index is 1.95. The van der Waals surface area contributed by atoms with E-state index in [1.807, 2.05) is 32.0 Å². The molecule has 0 atom stereocenters. The highest BCUT2D eigenvalue weighted by Gasteiger charge is 2.39. The van der Waals surface area contributed by atoms with Gasteiger partial charge in [-0.3, -0.25) is 9.59 Å². The highest BCUT2D eigenvalue weighted by molar-refractivity contribution is 6.53. The molecule has 2 aromatic carbocycles. The number of imide groups is 1. The fourth-order valence-corrected chi connectivity index (χ4v) is 2.84. The summed E-state index contributed by atoms with van der Waals surface area (Å²) in [5, 5.41) is 2.81. The first-order valence-electron chi connectivity index (χ1n) is 7.87. The maximum Gasteiger partial charge on any atom is 0.283 e. The van der Waals surface area contributed by atoms with Crippen molar-refractivity contribution in [2.24, 2.45) is 0 Å². The minimum absolute atomic E-state index is 0.0436. The Morgan fingerprint density at radius 3 is 2.44 bits per heavy atom. The number of hydrogen-bond donors (Lipinski definition) is 1. The Morgan fingerprint density at radius 1 is 1.04 bits per heavy atom. The maximum absolute atomic E-state index is 12.8. The summed E-state index contributed by atoms with van der Waals surface area (Å²) in [6.07, 6.45) is 0. The van der Waals surface area contributed by atoms with E-state index in [4.69, 9.17) is 16.3 Å². The molecule has 0 unspecified atom stereocenters. The molecule has 128 valence electrons. The molecule has 1 aliphatic rings. The zero-order chi connectivity index (χ0) is 18.0. The lowest BCUT2D eigenvalue weighted by Gasteiger charge is -2.17. The molecule has 0 bridgehead atoms. The number of carbonyl (C=O) groups excluding carboxylic acids is 2. The standard InChI is InChI=1S/C19H17ClN2O3/c1-3-25-15-11-7-5-9-13(15)21-17-16(20)18(23)22(19(17)24)14-10-6-4-8-12(14)2/h4-11,21H,3H2,1-2H3. The SMILES string of the molecule is CCOc1ccccc1NC1=C(Cl)C(=O)N(c2ccccc2C)C1=O.